The molecule has 4 rings (SSSR count). The smallest absolute Gasteiger partial charge is 0.0199 e. The maximum absolute atomic E-state index is 6.22. The summed E-state index contributed by atoms with van der Waals surface area (Å²) in [7, 11) is 0. The average Bonchev–Trinajstić information content (AvgIpc) is 2.91. The first-order valence-electron chi connectivity index (χ1n) is 7.69. The standard InChI is InChI=1S/C20H19PS/c1-15-13-21(22)14-20(15,2)18(16-9-5-3-6-10-16)19(21)17-11-7-4-8-12-17/h3-13H,14H2,1-2H3. The van der Waals surface area contributed by atoms with Gasteiger partial charge in [0.15, 0.2) is 0 Å². The SMILES string of the molecule is CC1=CP2(=S)CC1(C)C(c1ccccc1)=C2c1ccccc1. The lowest BCUT2D eigenvalue weighted by atomic mass is 9.75. The van der Waals surface area contributed by atoms with Gasteiger partial charge in [-0.1, -0.05) is 85.0 Å². The molecule has 0 N–H and O–H groups in total. The maximum atomic E-state index is 6.22. The van der Waals surface area contributed by atoms with Crippen LogP contribution in [0.1, 0.15) is 25.0 Å². The molecular formula is C20H19PS. The Morgan fingerprint density at radius 1 is 0.909 bits per heavy atom. The minimum Gasteiger partial charge on any atom is -0.0881 e. The molecule has 0 amide bonds. The number of fused-ring (bicyclic) bond motifs is 2. The van der Waals surface area contributed by atoms with E-state index < -0.39 is 6.04 Å². The van der Waals surface area contributed by atoms with Crippen LogP contribution in [-0.2, 0) is 11.8 Å². The summed E-state index contributed by atoms with van der Waals surface area (Å²) in [6.45, 7) is 4.64. The normalized spacial score (nSPS) is 29.8. The quantitative estimate of drug-likeness (QED) is 0.614. The zero-order valence-electron chi connectivity index (χ0n) is 12.9. The van der Waals surface area contributed by atoms with Crippen molar-refractivity contribution in [3.63, 3.8) is 0 Å². The molecule has 110 valence electrons. The third-order valence-electron chi connectivity index (χ3n) is 5.10. The van der Waals surface area contributed by atoms with Gasteiger partial charge in [-0.3, -0.25) is 0 Å². The molecular weight excluding hydrogens is 303 g/mol. The lowest BCUT2D eigenvalue weighted by Gasteiger charge is -2.29. The van der Waals surface area contributed by atoms with Crippen LogP contribution in [0.2, 0.25) is 0 Å². The molecule has 2 atom stereocenters. The molecule has 2 bridgehead atoms. The second kappa shape index (κ2) is 4.78. The van der Waals surface area contributed by atoms with Crippen molar-refractivity contribution in [2.45, 2.75) is 13.8 Å². The van der Waals surface area contributed by atoms with Crippen molar-refractivity contribution >= 4 is 28.7 Å². The summed E-state index contributed by atoms with van der Waals surface area (Å²) >= 11 is 6.22. The van der Waals surface area contributed by atoms with Gasteiger partial charge in [0, 0.05) is 16.8 Å². The molecule has 2 aliphatic rings. The largest absolute Gasteiger partial charge is 0.0881 e. The van der Waals surface area contributed by atoms with Gasteiger partial charge in [0.25, 0.3) is 0 Å². The van der Waals surface area contributed by atoms with Gasteiger partial charge in [0.05, 0.1) is 0 Å². The Morgan fingerprint density at radius 3 is 2.05 bits per heavy atom. The molecule has 0 aromatic heterocycles. The van der Waals surface area contributed by atoms with E-state index in [0.717, 1.165) is 6.16 Å². The van der Waals surface area contributed by atoms with E-state index in [4.69, 9.17) is 11.8 Å². The van der Waals surface area contributed by atoms with Crippen molar-refractivity contribution in [3.8, 4) is 0 Å². The Balaban J connectivity index is 2.06. The molecule has 0 aliphatic carbocycles. The summed E-state index contributed by atoms with van der Waals surface area (Å²) in [6.07, 6.45) is 1.12. The van der Waals surface area contributed by atoms with Crippen LogP contribution in [0.25, 0.3) is 10.9 Å². The minimum absolute atomic E-state index is 0.113. The fourth-order valence-corrected chi connectivity index (χ4v) is 9.80. The average molecular weight is 322 g/mol. The fraction of sp³-hybridized carbons (Fsp3) is 0.200. The highest BCUT2D eigenvalue weighted by Gasteiger charge is 2.51. The zero-order chi connectivity index (χ0) is 15.4. The van der Waals surface area contributed by atoms with Gasteiger partial charge in [-0.25, -0.2) is 0 Å². The van der Waals surface area contributed by atoms with Crippen molar-refractivity contribution in [3.05, 3.63) is 83.2 Å². The van der Waals surface area contributed by atoms with Crippen LogP contribution in [0, 0.1) is 5.41 Å². The van der Waals surface area contributed by atoms with Crippen molar-refractivity contribution in [2.24, 2.45) is 5.41 Å². The van der Waals surface area contributed by atoms with Crippen LogP contribution in [0.15, 0.2) is 72.1 Å². The molecule has 22 heavy (non-hydrogen) atoms. The van der Waals surface area contributed by atoms with Crippen LogP contribution in [0.3, 0.4) is 0 Å². The number of rotatable bonds is 2. The summed E-state index contributed by atoms with van der Waals surface area (Å²) in [5.41, 5.74) is 5.71. The first kappa shape index (κ1) is 14.2. The number of allylic oxidation sites excluding steroid dienone is 2. The molecule has 0 radical (unpaired) electrons. The van der Waals surface area contributed by atoms with Crippen LogP contribution < -0.4 is 0 Å². The first-order chi connectivity index (χ1) is 10.5. The Labute approximate surface area is 137 Å². The van der Waals surface area contributed by atoms with Crippen molar-refractivity contribution in [2.75, 3.05) is 6.16 Å². The third-order valence-corrected chi connectivity index (χ3v) is 9.50. The summed E-state index contributed by atoms with van der Waals surface area (Å²) in [6, 6.07) is 20.0. The minimum atomic E-state index is -1.60. The lowest BCUT2D eigenvalue weighted by molar-refractivity contribution is 0.630. The van der Waals surface area contributed by atoms with E-state index in [1.54, 1.807) is 0 Å². The lowest BCUT2D eigenvalue weighted by Crippen LogP contribution is -2.18. The highest BCUT2D eigenvalue weighted by atomic mass is 32.4. The van der Waals surface area contributed by atoms with E-state index in [2.05, 4.69) is 80.3 Å². The second-order valence-electron chi connectivity index (χ2n) is 6.55. The van der Waals surface area contributed by atoms with Gasteiger partial charge in [-0.05, 0) is 35.6 Å². The van der Waals surface area contributed by atoms with Crippen molar-refractivity contribution < 1.29 is 0 Å². The molecule has 2 aromatic rings. The third kappa shape index (κ3) is 1.86. The van der Waals surface area contributed by atoms with Crippen LogP contribution >= 0.6 is 6.04 Å². The predicted octanol–water partition coefficient (Wildman–Crippen LogP) is 5.97. The van der Waals surface area contributed by atoms with Crippen LogP contribution in [-0.4, -0.2) is 6.16 Å². The topological polar surface area (TPSA) is 0 Å². The van der Waals surface area contributed by atoms with Gasteiger partial charge < -0.3 is 0 Å². The van der Waals surface area contributed by atoms with Crippen molar-refractivity contribution in [1.82, 2.24) is 0 Å². The molecule has 0 fully saturated rings. The number of hydrogen-bond acceptors (Lipinski definition) is 1. The molecule has 0 nitrogen and oxygen atoms in total. The molecule has 0 saturated carbocycles. The molecule has 2 heterocycles. The molecule has 2 heteroatoms. The Kier molecular flexibility index (Phi) is 3.08. The molecule has 2 aliphatic heterocycles. The van der Waals surface area contributed by atoms with Gasteiger partial charge in [-0.15, -0.1) is 0 Å². The molecule has 2 aromatic carbocycles. The highest BCUT2D eigenvalue weighted by molar-refractivity contribution is 8.21. The summed E-state index contributed by atoms with van der Waals surface area (Å²) in [5, 5.41) is 1.45. The summed E-state index contributed by atoms with van der Waals surface area (Å²) in [4.78, 5) is 0. The molecule has 0 spiro atoms. The maximum Gasteiger partial charge on any atom is 0.0199 e. The Morgan fingerprint density at radius 2 is 1.45 bits per heavy atom. The number of hydrogen-bond donors (Lipinski definition) is 0. The van der Waals surface area contributed by atoms with Crippen molar-refractivity contribution in [1.29, 1.82) is 0 Å². The highest BCUT2D eigenvalue weighted by Crippen LogP contribution is 2.79. The zero-order valence-corrected chi connectivity index (χ0v) is 14.6. The van der Waals surface area contributed by atoms with E-state index in [1.807, 2.05) is 0 Å². The molecule has 2 unspecified atom stereocenters. The van der Waals surface area contributed by atoms with Gasteiger partial charge in [0.2, 0.25) is 0 Å². The van der Waals surface area contributed by atoms with E-state index in [0.29, 0.717) is 0 Å². The molecule has 0 saturated heterocycles. The van der Waals surface area contributed by atoms with Gasteiger partial charge in [0.1, 0.15) is 0 Å². The predicted molar refractivity (Wildman–Crippen MR) is 101 cm³/mol. The van der Waals surface area contributed by atoms with E-state index in [-0.39, 0.29) is 5.41 Å². The summed E-state index contributed by atoms with van der Waals surface area (Å²) in [5.74, 6) is 2.43. The van der Waals surface area contributed by atoms with Crippen LogP contribution in [0.5, 0.6) is 0 Å². The van der Waals surface area contributed by atoms with Gasteiger partial charge in [-0.2, -0.15) is 0 Å². The van der Waals surface area contributed by atoms with E-state index in [9.17, 15) is 0 Å². The fourth-order valence-electron chi connectivity index (χ4n) is 3.98. The van der Waals surface area contributed by atoms with Gasteiger partial charge >= 0.3 is 0 Å². The Hall–Kier alpha value is -1.43. The second-order valence-corrected chi connectivity index (χ2v) is 11.1. The number of benzene rings is 2. The van der Waals surface area contributed by atoms with E-state index in [1.165, 1.54) is 27.6 Å². The summed E-state index contributed by atoms with van der Waals surface area (Å²) < 4.78 is 0. The van der Waals surface area contributed by atoms with E-state index >= 15 is 0 Å². The monoisotopic (exact) mass is 322 g/mol. The Bertz CT molecular complexity index is 846. The van der Waals surface area contributed by atoms with Crippen LogP contribution in [0.4, 0.5) is 0 Å². The first-order valence-corrected chi connectivity index (χ1v) is 10.8.